The largest absolute Gasteiger partial charge is 0.503 e. The molecule has 2 rings (SSSR count). The third-order valence-corrected chi connectivity index (χ3v) is 5.69. The number of phenols is 1. The van der Waals surface area contributed by atoms with Crippen LogP contribution in [0.15, 0.2) is 15.0 Å². The second-order valence-electron chi connectivity index (χ2n) is 4.62. The maximum Gasteiger partial charge on any atom is 0.173 e. The van der Waals surface area contributed by atoms with Crippen LogP contribution in [-0.2, 0) is 4.74 Å². The summed E-state index contributed by atoms with van der Waals surface area (Å²) in [5.41, 5.74) is 7.31. The second-order valence-corrected chi connectivity index (χ2v) is 6.21. The average molecular weight is 432 g/mol. The molecule has 0 saturated carbocycles. The van der Waals surface area contributed by atoms with Crippen LogP contribution in [0.3, 0.4) is 0 Å². The molecule has 1 aliphatic heterocycles. The van der Waals surface area contributed by atoms with Crippen LogP contribution in [0, 0.1) is 5.92 Å². The summed E-state index contributed by atoms with van der Waals surface area (Å²) in [4.78, 5) is 0. The number of aromatic hydroxyl groups is 1. The number of methoxy groups -OCH3 is 1. The number of ether oxygens (including phenoxy) is 2. The van der Waals surface area contributed by atoms with Crippen LogP contribution in [0.5, 0.6) is 11.5 Å². The maximum absolute atomic E-state index is 9.93. The van der Waals surface area contributed by atoms with E-state index in [0.717, 1.165) is 36.1 Å². The number of nitrogens with two attached hydrogens (primary N) is 1. The number of phenolic OH excluding ortho intramolecular Hbond substituents is 1. The summed E-state index contributed by atoms with van der Waals surface area (Å²) in [6, 6.07) is 1.69. The molecule has 0 spiro atoms. The molecule has 114 valence electrons. The highest BCUT2D eigenvalue weighted by atomic mass is 79.9. The zero-order chi connectivity index (χ0) is 14.0. The van der Waals surface area contributed by atoms with Gasteiger partial charge in [0.15, 0.2) is 11.5 Å². The van der Waals surface area contributed by atoms with E-state index in [1.54, 1.807) is 6.07 Å². The fourth-order valence-electron chi connectivity index (χ4n) is 2.34. The molecule has 1 heterocycles. The molecule has 0 aromatic heterocycles. The molecule has 0 unspecified atom stereocenters. The number of halogens is 3. The van der Waals surface area contributed by atoms with E-state index in [2.05, 4.69) is 31.9 Å². The monoisotopic (exact) mass is 429 g/mol. The third-order valence-electron chi connectivity index (χ3n) is 3.53. The Morgan fingerprint density at radius 2 is 1.95 bits per heavy atom. The number of hydrogen-bond donors (Lipinski definition) is 2. The van der Waals surface area contributed by atoms with Gasteiger partial charge in [-0.1, -0.05) is 0 Å². The first-order chi connectivity index (χ1) is 9.06. The molecule has 0 amide bonds. The van der Waals surface area contributed by atoms with Crippen LogP contribution in [0.4, 0.5) is 0 Å². The van der Waals surface area contributed by atoms with Crippen LogP contribution in [0.2, 0.25) is 0 Å². The minimum atomic E-state index is -0.107. The van der Waals surface area contributed by atoms with Crippen molar-refractivity contribution in [1.29, 1.82) is 0 Å². The van der Waals surface area contributed by atoms with E-state index in [0.29, 0.717) is 16.1 Å². The first-order valence-electron chi connectivity index (χ1n) is 6.14. The molecule has 1 atom stereocenters. The van der Waals surface area contributed by atoms with Crippen LogP contribution in [0.25, 0.3) is 0 Å². The number of benzene rings is 1. The van der Waals surface area contributed by atoms with Gasteiger partial charge in [-0.15, -0.1) is 12.4 Å². The molecule has 3 N–H and O–H groups in total. The predicted octanol–water partition coefficient (Wildman–Crippen LogP) is 3.77. The third kappa shape index (κ3) is 3.60. The minimum Gasteiger partial charge on any atom is -0.503 e. The van der Waals surface area contributed by atoms with Gasteiger partial charge in [0.25, 0.3) is 0 Å². The van der Waals surface area contributed by atoms with Gasteiger partial charge in [0.1, 0.15) is 0 Å². The smallest absolute Gasteiger partial charge is 0.173 e. The summed E-state index contributed by atoms with van der Waals surface area (Å²) >= 11 is 6.84. The lowest BCUT2D eigenvalue weighted by Crippen LogP contribution is -2.27. The molecular weight excluding hydrogens is 413 g/mol. The molecule has 7 heteroatoms. The van der Waals surface area contributed by atoms with Gasteiger partial charge in [-0.25, -0.2) is 0 Å². The van der Waals surface area contributed by atoms with Crippen molar-refractivity contribution in [3.05, 3.63) is 20.6 Å². The summed E-state index contributed by atoms with van der Waals surface area (Å²) in [5.74, 6) is 0.885. The Hall–Kier alpha value is -0.0100. The molecule has 1 aromatic rings. The molecule has 1 aliphatic rings. The molecule has 20 heavy (non-hydrogen) atoms. The first-order valence-corrected chi connectivity index (χ1v) is 7.73. The van der Waals surface area contributed by atoms with E-state index >= 15 is 0 Å². The second kappa shape index (κ2) is 7.84. The fraction of sp³-hybridized carbons (Fsp3) is 0.538. The van der Waals surface area contributed by atoms with Crippen molar-refractivity contribution in [3.8, 4) is 11.5 Å². The summed E-state index contributed by atoms with van der Waals surface area (Å²) in [6.45, 7) is 1.51. The number of rotatable bonds is 3. The predicted molar refractivity (Wildman–Crippen MR) is 87.8 cm³/mol. The lowest BCUT2D eigenvalue weighted by atomic mass is 9.87. The summed E-state index contributed by atoms with van der Waals surface area (Å²) in [6.07, 6.45) is 1.91. The van der Waals surface area contributed by atoms with E-state index < -0.39 is 0 Å². The highest BCUT2D eigenvalue weighted by Crippen LogP contribution is 2.45. The quantitative estimate of drug-likeness (QED) is 0.765. The van der Waals surface area contributed by atoms with Gasteiger partial charge in [0, 0.05) is 23.7 Å². The van der Waals surface area contributed by atoms with Crippen LogP contribution in [0.1, 0.15) is 24.4 Å². The minimum absolute atomic E-state index is 0. The Kier molecular flexibility index (Phi) is 7.08. The lowest BCUT2D eigenvalue weighted by molar-refractivity contribution is 0.0582. The maximum atomic E-state index is 9.93. The zero-order valence-corrected chi connectivity index (χ0v) is 15.1. The highest BCUT2D eigenvalue weighted by Gasteiger charge is 2.26. The Labute approximate surface area is 141 Å². The Balaban J connectivity index is 0.00000200. The van der Waals surface area contributed by atoms with E-state index in [1.807, 2.05) is 0 Å². The molecular formula is C13H18Br2ClNO3. The van der Waals surface area contributed by atoms with Crippen LogP contribution < -0.4 is 10.5 Å². The SMILES string of the molecule is COc1cc([C@H](N)C2CCOCC2)c(Br)c(Br)c1O.Cl. The van der Waals surface area contributed by atoms with Crippen molar-refractivity contribution in [2.75, 3.05) is 20.3 Å². The van der Waals surface area contributed by atoms with Gasteiger partial charge in [-0.05, 0) is 62.2 Å². The zero-order valence-electron chi connectivity index (χ0n) is 11.1. The molecule has 0 radical (unpaired) electrons. The Bertz CT molecular complexity index is 467. The van der Waals surface area contributed by atoms with Crippen molar-refractivity contribution in [2.45, 2.75) is 18.9 Å². The standard InChI is InChI=1S/C13H17Br2NO3.ClH/c1-18-9-6-8(10(14)11(15)13(9)17)12(16)7-2-4-19-5-3-7;/h6-7,12,17H,2-5,16H2,1H3;1H/t12-;/m1./s1. The van der Waals surface area contributed by atoms with Gasteiger partial charge in [-0.2, -0.15) is 0 Å². The number of hydrogen-bond acceptors (Lipinski definition) is 4. The van der Waals surface area contributed by atoms with E-state index in [4.69, 9.17) is 15.2 Å². The van der Waals surface area contributed by atoms with Crippen molar-refractivity contribution >= 4 is 44.3 Å². The molecule has 1 fully saturated rings. The summed E-state index contributed by atoms with van der Waals surface area (Å²) < 4.78 is 11.9. The van der Waals surface area contributed by atoms with Crippen molar-refractivity contribution in [3.63, 3.8) is 0 Å². The Morgan fingerprint density at radius 1 is 1.35 bits per heavy atom. The average Bonchev–Trinajstić information content (AvgIpc) is 2.45. The van der Waals surface area contributed by atoms with Crippen LogP contribution in [-0.4, -0.2) is 25.4 Å². The molecule has 0 aliphatic carbocycles. The lowest BCUT2D eigenvalue weighted by Gasteiger charge is -2.29. The van der Waals surface area contributed by atoms with Gasteiger partial charge in [-0.3, -0.25) is 0 Å². The van der Waals surface area contributed by atoms with Gasteiger partial charge < -0.3 is 20.3 Å². The molecule has 1 aromatic carbocycles. The van der Waals surface area contributed by atoms with Gasteiger partial charge in [0.05, 0.1) is 11.6 Å². The van der Waals surface area contributed by atoms with Crippen LogP contribution >= 0.6 is 44.3 Å². The highest BCUT2D eigenvalue weighted by molar-refractivity contribution is 9.13. The fourth-order valence-corrected chi connectivity index (χ4v) is 3.33. The van der Waals surface area contributed by atoms with E-state index in [-0.39, 0.29) is 24.2 Å². The van der Waals surface area contributed by atoms with Gasteiger partial charge >= 0.3 is 0 Å². The normalized spacial score (nSPS) is 17.4. The first kappa shape index (κ1) is 18.0. The summed E-state index contributed by atoms with van der Waals surface area (Å²) in [5, 5.41) is 9.93. The summed E-state index contributed by atoms with van der Waals surface area (Å²) in [7, 11) is 1.53. The van der Waals surface area contributed by atoms with Crippen molar-refractivity contribution < 1.29 is 14.6 Å². The van der Waals surface area contributed by atoms with Crippen molar-refractivity contribution in [1.82, 2.24) is 0 Å². The molecule has 0 bridgehead atoms. The van der Waals surface area contributed by atoms with E-state index in [1.165, 1.54) is 7.11 Å². The molecule has 4 nitrogen and oxygen atoms in total. The molecule has 1 saturated heterocycles. The van der Waals surface area contributed by atoms with Crippen molar-refractivity contribution in [2.24, 2.45) is 11.7 Å². The Morgan fingerprint density at radius 3 is 2.50 bits per heavy atom. The van der Waals surface area contributed by atoms with E-state index in [9.17, 15) is 5.11 Å². The van der Waals surface area contributed by atoms with Gasteiger partial charge in [0.2, 0.25) is 0 Å². The topological polar surface area (TPSA) is 64.7 Å².